The van der Waals surface area contributed by atoms with Crippen molar-refractivity contribution in [2.45, 2.75) is 46.0 Å². The SMILES string of the molecule is Cc1cc(C)c(-c2nc([C@@H]3CC34CCN(S(N)(=O)=O)CC4)no2)cc1C. The van der Waals surface area contributed by atoms with Crippen molar-refractivity contribution in [3.8, 4) is 11.5 Å². The summed E-state index contributed by atoms with van der Waals surface area (Å²) in [7, 11) is -3.59. The molecule has 1 spiro atoms. The molecule has 0 unspecified atom stereocenters. The van der Waals surface area contributed by atoms with Gasteiger partial charge in [0.15, 0.2) is 5.82 Å². The topological polar surface area (TPSA) is 102 Å². The van der Waals surface area contributed by atoms with E-state index in [1.54, 1.807) is 0 Å². The molecule has 2 aromatic rings. The first-order valence-corrected chi connectivity index (χ1v) is 10.4. The van der Waals surface area contributed by atoms with Crippen LogP contribution >= 0.6 is 0 Å². The summed E-state index contributed by atoms with van der Waals surface area (Å²) in [5.41, 5.74) is 4.64. The van der Waals surface area contributed by atoms with Gasteiger partial charge in [-0.05, 0) is 68.2 Å². The Morgan fingerprint density at radius 3 is 2.46 bits per heavy atom. The van der Waals surface area contributed by atoms with E-state index in [1.807, 2.05) is 6.92 Å². The first-order valence-electron chi connectivity index (χ1n) is 8.89. The summed E-state index contributed by atoms with van der Waals surface area (Å²) in [6.45, 7) is 7.15. The third-order valence-electron chi connectivity index (χ3n) is 6.09. The van der Waals surface area contributed by atoms with Crippen molar-refractivity contribution in [2.75, 3.05) is 13.1 Å². The minimum atomic E-state index is -3.59. The van der Waals surface area contributed by atoms with Gasteiger partial charge in [-0.3, -0.25) is 0 Å². The summed E-state index contributed by atoms with van der Waals surface area (Å²) in [6, 6.07) is 4.23. The van der Waals surface area contributed by atoms with Crippen molar-refractivity contribution in [3.05, 3.63) is 34.6 Å². The van der Waals surface area contributed by atoms with Crippen LogP contribution in [0.15, 0.2) is 16.7 Å². The number of benzene rings is 1. The Labute approximate surface area is 153 Å². The summed E-state index contributed by atoms with van der Waals surface area (Å²) in [5.74, 6) is 1.54. The van der Waals surface area contributed by atoms with Crippen molar-refractivity contribution in [1.82, 2.24) is 14.4 Å². The van der Waals surface area contributed by atoms with Crippen LogP contribution in [-0.2, 0) is 10.2 Å². The molecule has 1 aromatic heterocycles. The Morgan fingerprint density at radius 1 is 1.15 bits per heavy atom. The van der Waals surface area contributed by atoms with Crippen molar-refractivity contribution in [2.24, 2.45) is 10.6 Å². The van der Waals surface area contributed by atoms with Gasteiger partial charge in [0.25, 0.3) is 16.1 Å². The third kappa shape index (κ3) is 2.95. The molecule has 8 heteroatoms. The van der Waals surface area contributed by atoms with E-state index < -0.39 is 10.2 Å². The summed E-state index contributed by atoms with van der Waals surface area (Å²) in [6.07, 6.45) is 2.57. The lowest BCUT2D eigenvalue weighted by Crippen LogP contribution is -2.43. The smallest absolute Gasteiger partial charge is 0.276 e. The largest absolute Gasteiger partial charge is 0.334 e. The van der Waals surface area contributed by atoms with Crippen LogP contribution in [-0.4, -0.2) is 36.0 Å². The van der Waals surface area contributed by atoms with Crippen LogP contribution < -0.4 is 5.14 Å². The van der Waals surface area contributed by atoms with Crippen LogP contribution in [0.25, 0.3) is 11.5 Å². The van der Waals surface area contributed by atoms with Gasteiger partial charge in [0.1, 0.15) is 0 Å². The van der Waals surface area contributed by atoms with Gasteiger partial charge in [-0.2, -0.15) is 17.7 Å². The van der Waals surface area contributed by atoms with E-state index in [2.05, 4.69) is 36.1 Å². The van der Waals surface area contributed by atoms with Crippen LogP contribution in [0, 0.1) is 26.2 Å². The molecule has 1 saturated heterocycles. The molecule has 1 saturated carbocycles. The molecule has 26 heavy (non-hydrogen) atoms. The second-order valence-corrected chi connectivity index (χ2v) is 9.32. The number of hydrogen-bond acceptors (Lipinski definition) is 5. The van der Waals surface area contributed by atoms with E-state index in [4.69, 9.17) is 9.66 Å². The Bertz CT molecular complexity index is 959. The molecule has 1 aliphatic carbocycles. The van der Waals surface area contributed by atoms with Gasteiger partial charge in [0.05, 0.1) is 0 Å². The standard InChI is InChI=1S/C18H24N4O3S/c1-11-8-13(3)14(9-12(11)2)17-20-16(21-25-17)15-10-18(15)4-6-22(7-5-18)26(19,23)24/h8-9,15H,4-7,10H2,1-3H3,(H2,19,23,24)/t15-/m0/s1. The Morgan fingerprint density at radius 2 is 1.81 bits per heavy atom. The molecule has 4 rings (SSSR count). The fourth-order valence-corrected chi connectivity index (χ4v) is 4.82. The molecule has 2 heterocycles. The Balaban J connectivity index is 1.52. The zero-order valence-corrected chi connectivity index (χ0v) is 16.1. The van der Waals surface area contributed by atoms with Crippen molar-refractivity contribution < 1.29 is 12.9 Å². The number of hydrogen-bond donors (Lipinski definition) is 1. The van der Waals surface area contributed by atoms with Crippen LogP contribution in [0.2, 0.25) is 0 Å². The molecule has 2 fully saturated rings. The zero-order valence-electron chi connectivity index (χ0n) is 15.3. The normalized spacial score (nSPS) is 22.7. The molecular formula is C18H24N4O3S. The quantitative estimate of drug-likeness (QED) is 0.886. The second kappa shape index (κ2) is 5.87. The van der Waals surface area contributed by atoms with Crippen LogP contribution in [0.1, 0.15) is 47.7 Å². The van der Waals surface area contributed by atoms with Crippen LogP contribution in [0.5, 0.6) is 0 Å². The molecule has 2 N–H and O–H groups in total. The summed E-state index contributed by atoms with van der Waals surface area (Å²) in [5, 5.41) is 9.45. The Hall–Kier alpha value is -1.77. The van der Waals surface area contributed by atoms with Crippen LogP contribution in [0.4, 0.5) is 0 Å². The fraction of sp³-hybridized carbons (Fsp3) is 0.556. The van der Waals surface area contributed by atoms with E-state index >= 15 is 0 Å². The number of nitrogens with two attached hydrogens (primary N) is 1. The van der Waals surface area contributed by atoms with E-state index in [-0.39, 0.29) is 11.3 Å². The maximum atomic E-state index is 11.5. The zero-order chi connectivity index (χ0) is 18.7. The predicted molar refractivity (Wildman–Crippen MR) is 97.7 cm³/mol. The third-order valence-corrected chi connectivity index (χ3v) is 7.18. The number of nitrogens with zero attached hydrogens (tertiary/aromatic N) is 3. The average molecular weight is 376 g/mol. The minimum Gasteiger partial charge on any atom is -0.334 e. The van der Waals surface area contributed by atoms with Crippen molar-refractivity contribution >= 4 is 10.2 Å². The van der Waals surface area contributed by atoms with E-state index in [1.165, 1.54) is 15.4 Å². The lowest BCUT2D eigenvalue weighted by atomic mass is 9.92. The van der Waals surface area contributed by atoms with E-state index in [0.29, 0.717) is 19.0 Å². The minimum absolute atomic E-state index is 0.0978. The number of aromatic nitrogens is 2. The molecule has 140 valence electrons. The molecule has 0 amide bonds. The highest BCUT2D eigenvalue weighted by atomic mass is 32.2. The average Bonchev–Trinajstić information content (AvgIpc) is 3.04. The fourth-order valence-electron chi connectivity index (χ4n) is 4.13. The van der Waals surface area contributed by atoms with Gasteiger partial charge >= 0.3 is 0 Å². The van der Waals surface area contributed by atoms with Gasteiger partial charge in [-0.1, -0.05) is 11.2 Å². The van der Waals surface area contributed by atoms with E-state index in [9.17, 15) is 8.42 Å². The van der Waals surface area contributed by atoms with Crippen molar-refractivity contribution in [3.63, 3.8) is 0 Å². The summed E-state index contributed by atoms with van der Waals surface area (Å²) in [4.78, 5) is 4.66. The molecule has 2 aliphatic rings. The van der Waals surface area contributed by atoms with Gasteiger partial charge in [0.2, 0.25) is 0 Å². The van der Waals surface area contributed by atoms with Gasteiger partial charge < -0.3 is 4.52 Å². The highest BCUT2D eigenvalue weighted by Gasteiger charge is 2.58. The number of rotatable bonds is 3. The van der Waals surface area contributed by atoms with E-state index in [0.717, 1.165) is 36.2 Å². The highest BCUT2D eigenvalue weighted by molar-refractivity contribution is 7.86. The predicted octanol–water partition coefficient (Wildman–Crippen LogP) is 2.43. The number of piperidine rings is 1. The maximum absolute atomic E-state index is 11.5. The second-order valence-electron chi connectivity index (χ2n) is 7.77. The molecule has 1 atom stereocenters. The summed E-state index contributed by atoms with van der Waals surface area (Å²) >= 11 is 0. The monoisotopic (exact) mass is 376 g/mol. The van der Waals surface area contributed by atoms with Crippen LogP contribution in [0.3, 0.4) is 0 Å². The van der Waals surface area contributed by atoms with Gasteiger partial charge in [-0.25, -0.2) is 5.14 Å². The van der Waals surface area contributed by atoms with Gasteiger partial charge in [0, 0.05) is 24.6 Å². The lowest BCUT2D eigenvalue weighted by molar-refractivity contribution is 0.249. The molecule has 0 bridgehead atoms. The number of aryl methyl sites for hydroxylation is 3. The lowest BCUT2D eigenvalue weighted by Gasteiger charge is -2.30. The maximum Gasteiger partial charge on any atom is 0.276 e. The first kappa shape index (κ1) is 17.6. The Kier molecular flexibility index (Phi) is 3.98. The summed E-state index contributed by atoms with van der Waals surface area (Å²) < 4.78 is 29.9. The molecule has 0 radical (unpaired) electrons. The highest BCUT2D eigenvalue weighted by Crippen LogP contribution is 2.64. The molecule has 7 nitrogen and oxygen atoms in total. The molecule has 1 aliphatic heterocycles. The molecular weight excluding hydrogens is 352 g/mol. The first-order chi connectivity index (χ1) is 12.2. The van der Waals surface area contributed by atoms with Gasteiger partial charge in [-0.15, -0.1) is 0 Å². The van der Waals surface area contributed by atoms with Crippen molar-refractivity contribution in [1.29, 1.82) is 0 Å². The molecule has 1 aromatic carbocycles.